The topological polar surface area (TPSA) is 63.1 Å². The summed E-state index contributed by atoms with van der Waals surface area (Å²) in [5.74, 6) is 0. The van der Waals surface area contributed by atoms with E-state index in [0.29, 0.717) is 11.6 Å². The molecule has 0 radical (unpaired) electrons. The predicted octanol–water partition coefficient (Wildman–Crippen LogP) is 3.82. The monoisotopic (exact) mass is 369 g/mol. The van der Waals surface area contributed by atoms with Crippen molar-refractivity contribution in [3.63, 3.8) is 0 Å². The first-order chi connectivity index (χ1) is 12.5. The molecule has 0 fully saturated rings. The maximum atomic E-state index is 12.4. The van der Waals surface area contributed by atoms with E-state index in [-0.39, 0.29) is 12.1 Å². The third kappa shape index (κ3) is 4.40. The average molecular weight is 370 g/mol. The number of aromatic nitrogens is 3. The number of rotatable bonds is 5. The van der Waals surface area contributed by atoms with Crippen LogP contribution in [0.3, 0.4) is 0 Å². The molecule has 0 aliphatic rings. The van der Waals surface area contributed by atoms with Crippen LogP contribution in [-0.2, 0) is 6.54 Å². The van der Waals surface area contributed by atoms with Gasteiger partial charge >= 0.3 is 6.03 Å². The SMILES string of the molecule is CC(NC(=O)N(C)Cc1cccc(Cl)c1)c1ccc(-n2cncn2)cc1. The highest BCUT2D eigenvalue weighted by Crippen LogP contribution is 2.16. The first-order valence-electron chi connectivity index (χ1n) is 8.24. The van der Waals surface area contributed by atoms with Gasteiger partial charge in [-0.05, 0) is 42.3 Å². The zero-order valence-corrected chi connectivity index (χ0v) is 15.4. The molecule has 0 saturated carbocycles. The third-order valence-corrected chi connectivity index (χ3v) is 4.31. The second kappa shape index (κ2) is 8.01. The molecular formula is C19H20ClN5O. The van der Waals surface area contributed by atoms with Crippen LogP contribution in [0.5, 0.6) is 0 Å². The predicted molar refractivity (Wildman–Crippen MR) is 101 cm³/mol. The van der Waals surface area contributed by atoms with E-state index in [4.69, 9.17) is 11.6 Å². The number of nitrogens with zero attached hydrogens (tertiary/aromatic N) is 4. The van der Waals surface area contributed by atoms with E-state index in [0.717, 1.165) is 16.8 Å². The first-order valence-corrected chi connectivity index (χ1v) is 8.62. The Balaban J connectivity index is 1.59. The number of urea groups is 1. The Hall–Kier alpha value is -2.86. The Labute approximate surface area is 157 Å². The van der Waals surface area contributed by atoms with Gasteiger partial charge in [0.15, 0.2) is 0 Å². The fourth-order valence-electron chi connectivity index (χ4n) is 2.62. The second-order valence-electron chi connectivity index (χ2n) is 6.09. The number of halogens is 1. The molecule has 0 aliphatic heterocycles. The van der Waals surface area contributed by atoms with Gasteiger partial charge in [-0.15, -0.1) is 0 Å². The Kier molecular flexibility index (Phi) is 5.53. The van der Waals surface area contributed by atoms with Crippen molar-refractivity contribution in [2.45, 2.75) is 19.5 Å². The van der Waals surface area contributed by atoms with Gasteiger partial charge in [0.25, 0.3) is 0 Å². The van der Waals surface area contributed by atoms with Crippen molar-refractivity contribution in [2.75, 3.05) is 7.05 Å². The molecule has 26 heavy (non-hydrogen) atoms. The molecule has 6 nitrogen and oxygen atoms in total. The zero-order valence-electron chi connectivity index (χ0n) is 14.6. The van der Waals surface area contributed by atoms with Crippen LogP contribution in [0, 0.1) is 0 Å². The largest absolute Gasteiger partial charge is 0.331 e. The summed E-state index contributed by atoms with van der Waals surface area (Å²) in [6.07, 6.45) is 3.14. The quantitative estimate of drug-likeness (QED) is 0.743. The molecule has 1 aromatic heterocycles. The lowest BCUT2D eigenvalue weighted by Crippen LogP contribution is -2.38. The van der Waals surface area contributed by atoms with E-state index in [9.17, 15) is 4.79 Å². The van der Waals surface area contributed by atoms with Crippen LogP contribution in [0.1, 0.15) is 24.1 Å². The highest BCUT2D eigenvalue weighted by atomic mass is 35.5. The van der Waals surface area contributed by atoms with Crippen molar-refractivity contribution >= 4 is 17.6 Å². The fraction of sp³-hybridized carbons (Fsp3) is 0.211. The molecule has 7 heteroatoms. The van der Waals surface area contributed by atoms with E-state index in [1.165, 1.54) is 6.33 Å². The van der Waals surface area contributed by atoms with Crippen LogP contribution in [-0.4, -0.2) is 32.7 Å². The number of benzene rings is 2. The molecule has 0 aliphatic carbocycles. The molecule has 0 bridgehead atoms. The lowest BCUT2D eigenvalue weighted by Gasteiger charge is -2.22. The number of carbonyl (C=O) groups excluding carboxylic acids is 1. The minimum absolute atomic E-state index is 0.117. The van der Waals surface area contributed by atoms with E-state index in [1.54, 1.807) is 23.0 Å². The van der Waals surface area contributed by atoms with Gasteiger partial charge in [-0.1, -0.05) is 35.9 Å². The minimum Gasteiger partial charge on any atom is -0.331 e. The third-order valence-electron chi connectivity index (χ3n) is 4.07. The van der Waals surface area contributed by atoms with Gasteiger partial charge in [0.1, 0.15) is 12.7 Å². The van der Waals surface area contributed by atoms with Crippen LogP contribution in [0.15, 0.2) is 61.2 Å². The van der Waals surface area contributed by atoms with Crippen LogP contribution in [0.25, 0.3) is 5.69 Å². The molecule has 0 saturated heterocycles. The highest BCUT2D eigenvalue weighted by molar-refractivity contribution is 6.30. The van der Waals surface area contributed by atoms with Crippen LogP contribution in [0.2, 0.25) is 5.02 Å². The standard InChI is InChI=1S/C19H20ClN5O/c1-14(16-6-8-18(9-7-16)25-13-21-12-22-25)23-19(26)24(2)11-15-4-3-5-17(20)10-15/h3-10,12-14H,11H2,1-2H3,(H,23,26). The molecule has 1 unspecified atom stereocenters. The molecular weight excluding hydrogens is 350 g/mol. The number of amides is 2. The molecule has 1 atom stereocenters. The van der Waals surface area contributed by atoms with E-state index in [1.807, 2.05) is 55.5 Å². The fourth-order valence-corrected chi connectivity index (χ4v) is 2.83. The van der Waals surface area contributed by atoms with Gasteiger partial charge in [0.05, 0.1) is 11.7 Å². The molecule has 1 N–H and O–H groups in total. The summed E-state index contributed by atoms with van der Waals surface area (Å²) >= 11 is 5.99. The summed E-state index contributed by atoms with van der Waals surface area (Å²) in [7, 11) is 1.76. The Morgan fingerprint density at radius 1 is 1.27 bits per heavy atom. The maximum absolute atomic E-state index is 12.4. The summed E-state index contributed by atoms with van der Waals surface area (Å²) < 4.78 is 1.69. The van der Waals surface area contributed by atoms with Crippen LogP contribution >= 0.6 is 11.6 Å². The van der Waals surface area contributed by atoms with Crippen molar-refractivity contribution in [2.24, 2.45) is 0 Å². The van der Waals surface area contributed by atoms with Crippen LogP contribution < -0.4 is 5.32 Å². The minimum atomic E-state index is -0.141. The van der Waals surface area contributed by atoms with Crippen molar-refractivity contribution < 1.29 is 4.79 Å². The van der Waals surface area contributed by atoms with Gasteiger partial charge in [-0.2, -0.15) is 5.10 Å². The molecule has 2 aromatic carbocycles. The normalized spacial score (nSPS) is 11.8. The van der Waals surface area contributed by atoms with Gasteiger partial charge in [-0.25, -0.2) is 14.5 Å². The van der Waals surface area contributed by atoms with E-state index in [2.05, 4.69) is 15.4 Å². The summed E-state index contributed by atoms with van der Waals surface area (Å²) in [5.41, 5.74) is 2.92. The van der Waals surface area contributed by atoms with Crippen molar-refractivity contribution in [1.82, 2.24) is 25.0 Å². The number of carbonyl (C=O) groups is 1. The van der Waals surface area contributed by atoms with Crippen molar-refractivity contribution in [1.29, 1.82) is 0 Å². The number of nitrogens with one attached hydrogen (secondary N) is 1. The summed E-state index contributed by atoms with van der Waals surface area (Å²) in [6, 6.07) is 15.1. The summed E-state index contributed by atoms with van der Waals surface area (Å²) in [6.45, 7) is 2.44. The molecule has 3 rings (SSSR count). The van der Waals surface area contributed by atoms with E-state index < -0.39 is 0 Å². The summed E-state index contributed by atoms with van der Waals surface area (Å²) in [5, 5.41) is 7.77. The molecule has 0 spiro atoms. The van der Waals surface area contributed by atoms with Crippen LogP contribution in [0.4, 0.5) is 4.79 Å². The van der Waals surface area contributed by atoms with Gasteiger partial charge in [0.2, 0.25) is 0 Å². The molecule has 134 valence electrons. The molecule has 2 amide bonds. The maximum Gasteiger partial charge on any atom is 0.317 e. The van der Waals surface area contributed by atoms with E-state index >= 15 is 0 Å². The second-order valence-corrected chi connectivity index (χ2v) is 6.53. The highest BCUT2D eigenvalue weighted by Gasteiger charge is 2.14. The Bertz CT molecular complexity index is 864. The average Bonchev–Trinajstić information content (AvgIpc) is 3.16. The lowest BCUT2D eigenvalue weighted by molar-refractivity contribution is 0.203. The van der Waals surface area contributed by atoms with Gasteiger partial charge in [-0.3, -0.25) is 0 Å². The zero-order chi connectivity index (χ0) is 18.5. The van der Waals surface area contributed by atoms with Crippen molar-refractivity contribution in [3.8, 4) is 5.69 Å². The molecule has 1 heterocycles. The molecule has 3 aromatic rings. The van der Waals surface area contributed by atoms with Gasteiger partial charge in [0, 0.05) is 18.6 Å². The Morgan fingerprint density at radius 2 is 2.04 bits per heavy atom. The van der Waals surface area contributed by atoms with Gasteiger partial charge < -0.3 is 10.2 Å². The first kappa shape index (κ1) is 17.9. The number of hydrogen-bond acceptors (Lipinski definition) is 3. The number of hydrogen-bond donors (Lipinski definition) is 1. The van der Waals surface area contributed by atoms with Crippen molar-refractivity contribution in [3.05, 3.63) is 77.3 Å². The lowest BCUT2D eigenvalue weighted by atomic mass is 10.1. The Morgan fingerprint density at radius 3 is 2.69 bits per heavy atom. The smallest absolute Gasteiger partial charge is 0.317 e. The summed E-state index contributed by atoms with van der Waals surface area (Å²) in [4.78, 5) is 18.0.